The van der Waals surface area contributed by atoms with Gasteiger partial charge < -0.3 is 14.7 Å². The standard InChI is InChI=1S/C18H23N7OS.ClH/c1-24-7-5-19-9-14(24)15-22-17(26-23-15)12-3-2-6-25(10-12)16-13-4-8-27-18(13)21-11-20-16;/h4,8,11-12,14,19H,2-3,5-7,9-10H2,1H3;1H. The van der Waals surface area contributed by atoms with E-state index in [0.717, 1.165) is 73.3 Å². The monoisotopic (exact) mass is 421 g/mol. The number of likely N-dealkylation sites (N-methyl/N-ethyl adjacent to an activating group) is 1. The van der Waals surface area contributed by atoms with Crippen molar-refractivity contribution in [1.29, 1.82) is 0 Å². The minimum atomic E-state index is 0. The van der Waals surface area contributed by atoms with Crippen LogP contribution in [0.1, 0.15) is 36.5 Å². The van der Waals surface area contributed by atoms with Gasteiger partial charge in [-0.05, 0) is 31.3 Å². The molecule has 5 heterocycles. The lowest BCUT2D eigenvalue weighted by Crippen LogP contribution is -2.44. The molecule has 0 amide bonds. The Morgan fingerprint density at radius 3 is 3.11 bits per heavy atom. The minimum Gasteiger partial charge on any atom is -0.355 e. The van der Waals surface area contributed by atoms with E-state index in [0.29, 0.717) is 0 Å². The first kappa shape index (κ1) is 19.5. The van der Waals surface area contributed by atoms with Crippen molar-refractivity contribution in [3.63, 3.8) is 0 Å². The normalized spacial score (nSPS) is 23.7. The maximum Gasteiger partial charge on any atom is 0.231 e. The van der Waals surface area contributed by atoms with Crippen LogP contribution in [-0.4, -0.2) is 64.8 Å². The third kappa shape index (κ3) is 3.59. The van der Waals surface area contributed by atoms with Crippen LogP contribution in [0.2, 0.25) is 0 Å². The number of piperazine rings is 1. The molecule has 2 saturated heterocycles. The van der Waals surface area contributed by atoms with Gasteiger partial charge in [-0.1, -0.05) is 5.16 Å². The van der Waals surface area contributed by atoms with Crippen molar-refractivity contribution in [1.82, 2.24) is 30.3 Å². The molecule has 2 unspecified atom stereocenters. The van der Waals surface area contributed by atoms with E-state index < -0.39 is 0 Å². The number of nitrogens with zero attached hydrogens (tertiary/aromatic N) is 6. The van der Waals surface area contributed by atoms with Gasteiger partial charge in [0.2, 0.25) is 5.89 Å². The predicted molar refractivity (Wildman–Crippen MR) is 111 cm³/mol. The Morgan fingerprint density at radius 1 is 1.29 bits per heavy atom. The molecule has 0 aliphatic carbocycles. The summed E-state index contributed by atoms with van der Waals surface area (Å²) in [7, 11) is 2.12. The fourth-order valence-electron chi connectivity index (χ4n) is 4.04. The summed E-state index contributed by atoms with van der Waals surface area (Å²) in [6.45, 7) is 4.71. The highest BCUT2D eigenvalue weighted by molar-refractivity contribution is 7.16. The number of rotatable bonds is 3. The van der Waals surface area contributed by atoms with Crippen LogP contribution in [0.4, 0.5) is 5.82 Å². The smallest absolute Gasteiger partial charge is 0.231 e. The molecule has 2 atom stereocenters. The number of piperidine rings is 1. The van der Waals surface area contributed by atoms with Crippen LogP contribution in [-0.2, 0) is 0 Å². The van der Waals surface area contributed by atoms with Gasteiger partial charge >= 0.3 is 0 Å². The first-order valence-corrected chi connectivity index (χ1v) is 10.3. The Morgan fingerprint density at radius 2 is 2.21 bits per heavy atom. The SMILES string of the molecule is CN1CCNCC1c1noc(C2CCCN(c3ncnc4sccc34)C2)n1.Cl. The third-order valence-corrected chi connectivity index (χ3v) is 6.40. The lowest BCUT2D eigenvalue weighted by atomic mass is 9.98. The number of halogens is 1. The molecule has 8 nitrogen and oxygen atoms in total. The summed E-state index contributed by atoms with van der Waals surface area (Å²) in [6.07, 6.45) is 3.81. The zero-order valence-electron chi connectivity index (χ0n) is 15.7. The van der Waals surface area contributed by atoms with Gasteiger partial charge in [0.25, 0.3) is 0 Å². The van der Waals surface area contributed by atoms with Crippen LogP contribution < -0.4 is 10.2 Å². The van der Waals surface area contributed by atoms with Crippen molar-refractivity contribution in [2.75, 3.05) is 44.7 Å². The van der Waals surface area contributed by atoms with Gasteiger partial charge in [0, 0.05) is 32.7 Å². The number of aromatic nitrogens is 4. The van der Waals surface area contributed by atoms with Crippen molar-refractivity contribution >= 4 is 39.8 Å². The lowest BCUT2D eigenvalue weighted by Gasteiger charge is -2.32. The molecule has 3 aromatic rings. The second-order valence-corrected chi connectivity index (χ2v) is 8.21. The quantitative estimate of drug-likeness (QED) is 0.690. The molecule has 5 rings (SSSR count). The first-order valence-electron chi connectivity index (χ1n) is 9.47. The van der Waals surface area contributed by atoms with Crippen molar-refractivity contribution in [3.8, 4) is 0 Å². The van der Waals surface area contributed by atoms with Gasteiger partial charge in [0.1, 0.15) is 17.0 Å². The Hall–Kier alpha value is -1.81. The molecule has 3 aromatic heterocycles. The molecule has 2 aliphatic heterocycles. The topological polar surface area (TPSA) is 83.2 Å². The number of hydrogen-bond donors (Lipinski definition) is 1. The molecule has 2 aliphatic rings. The zero-order valence-corrected chi connectivity index (χ0v) is 17.4. The van der Waals surface area contributed by atoms with Crippen LogP contribution in [0.25, 0.3) is 10.2 Å². The van der Waals surface area contributed by atoms with E-state index in [9.17, 15) is 0 Å². The van der Waals surface area contributed by atoms with Crippen LogP contribution in [0.15, 0.2) is 22.3 Å². The van der Waals surface area contributed by atoms with Gasteiger partial charge in [-0.15, -0.1) is 23.7 Å². The van der Waals surface area contributed by atoms with Gasteiger partial charge in [-0.25, -0.2) is 9.97 Å². The van der Waals surface area contributed by atoms with Crippen molar-refractivity contribution < 1.29 is 4.52 Å². The molecule has 28 heavy (non-hydrogen) atoms. The maximum absolute atomic E-state index is 5.69. The highest BCUT2D eigenvalue weighted by Crippen LogP contribution is 2.33. The molecular formula is C18H24ClN7OS. The van der Waals surface area contributed by atoms with Crippen molar-refractivity contribution in [2.24, 2.45) is 0 Å². The average molecular weight is 422 g/mol. The lowest BCUT2D eigenvalue weighted by molar-refractivity contribution is 0.190. The van der Waals surface area contributed by atoms with E-state index in [1.807, 2.05) is 0 Å². The number of hydrogen-bond acceptors (Lipinski definition) is 9. The summed E-state index contributed by atoms with van der Waals surface area (Å²) in [4.78, 5) is 19.4. The molecule has 0 spiro atoms. The third-order valence-electron chi connectivity index (χ3n) is 5.58. The van der Waals surface area contributed by atoms with E-state index in [4.69, 9.17) is 9.51 Å². The number of nitrogens with one attached hydrogen (secondary N) is 1. The summed E-state index contributed by atoms with van der Waals surface area (Å²) in [5.74, 6) is 2.80. The minimum absolute atomic E-state index is 0. The molecule has 150 valence electrons. The number of fused-ring (bicyclic) bond motifs is 1. The molecule has 0 radical (unpaired) electrons. The Kier molecular flexibility index (Phi) is 5.77. The number of thiophene rings is 1. The van der Waals surface area contributed by atoms with E-state index in [1.165, 1.54) is 0 Å². The second kappa shape index (κ2) is 8.28. The second-order valence-electron chi connectivity index (χ2n) is 7.31. The van der Waals surface area contributed by atoms with Gasteiger partial charge in [0.05, 0.1) is 17.3 Å². The van der Waals surface area contributed by atoms with Crippen LogP contribution in [0, 0.1) is 0 Å². The van der Waals surface area contributed by atoms with Gasteiger partial charge in [-0.2, -0.15) is 4.98 Å². The van der Waals surface area contributed by atoms with Crippen LogP contribution >= 0.6 is 23.7 Å². The fraction of sp³-hybridized carbons (Fsp3) is 0.556. The zero-order chi connectivity index (χ0) is 18.2. The summed E-state index contributed by atoms with van der Waals surface area (Å²) in [5.41, 5.74) is 0. The molecule has 2 fully saturated rings. The highest BCUT2D eigenvalue weighted by atomic mass is 35.5. The molecule has 0 bridgehead atoms. The Labute approximate surface area is 173 Å². The number of anilines is 1. The first-order chi connectivity index (χ1) is 13.3. The van der Waals surface area contributed by atoms with Gasteiger partial charge in [-0.3, -0.25) is 4.90 Å². The maximum atomic E-state index is 5.69. The van der Waals surface area contributed by atoms with E-state index in [2.05, 4.69) is 48.7 Å². The Balaban J connectivity index is 0.00000192. The molecule has 0 saturated carbocycles. The van der Waals surface area contributed by atoms with Gasteiger partial charge in [0.15, 0.2) is 5.82 Å². The van der Waals surface area contributed by atoms with Crippen molar-refractivity contribution in [3.05, 3.63) is 29.5 Å². The van der Waals surface area contributed by atoms with E-state index >= 15 is 0 Å². The molecule has 0 aromatic carbocycles. The van der Waals surface area contributed by atoms with E-state index in [1.54, 1.807) is 17.7 Å². The Bertz CT molecular complexity index is 931. The molecule has 1 N–H and O–H groups in total. The fourth-order valence-corrected chi connectivity index (χ4v) is 4.77. The van der Waals surface area contributed by atoms with Crippen molar-refractivity contribution in [2.45, 2.75) is 24.8 Å². The van der Waals surface area contributed by atoms with E-state index in [-0.39, 0.29) is 24.4 Å². The molecule has 10 heteroatoms. The predicted octanol–water partition coefficient (Wildman–Crippen LogP) is 2.46. The van der Waals surface area contributed by atoms with Crippen LogP contribution in [0.3, 0.4) is 0 Å². The summed E-state index contributed by atoms with van der Waals surface area (Å²) in [6, 6.07) is 2.29. The highest BCUT2D eigenvalue weighted by Gasteiger charge is 2.30. The summed E-state index contributed by atoms with van der Waals surface area (Å²) >= 11 is 1.65. The summed E-state index contributed by atoms with van der Waals surface area (Å²) < 4.78 is 5.69. The largest absolute Gasteiger partial charge is 0.355 e. The molecular weight excluding hydrogens is 398 g/mol. The summed E-state index contributed by atoms with van der Waals surface area (Å²) in [5, 5.41) is 10.9. The average Bonchev–Trinajstić information content (AvgIpc) is 3.38. The van der Waals surface area contributed by atoms with Crippen LogP contribution in [0.5, 0.6) is 0 Å².